The van der Waals surface area contributed by atoms with Crippen molar-refractivity contribution < 1.29 is 0 Å². The van der Waals surface area contributed by atoms with Crippen LogP contribution in [0.25, 0.3) is 0 Å². The lowest BCUT2D eigenvalue weighted by atomic mass is 9.84. The standard InChI is InChI=1S/C16H28N2/c1-11(2)13-6-8-14(9-7-13)16(18-5)15(10-17)12(3)4/h6-9,11-12,15-16,18H,10,17H2,1-5H3. The Kier molecular flexibility index (Phi) is 5.83. The van der Waals surface area contributed by atoms with Gasteiger partial charge in [-0.1, -0.05) is 52.0 Å². The highest BCUT2D eigenvalue weighted by molar-refractivity contribution is 5.27. The third kappa shape index (κ3) is 3.56. The van der Waals surface area contributed by atoms with Gasteiger partial charge in [-0.2, -0.15) is 0 Å². The number of nitrogens with two attached hydrogens (primary N) is 1. The first-order chi connectivity index (χ1) is 8.51. The summed E-state index contributed by atoms with van der Waals surface area (Å²) in [4.78, 5) is 0. The van der Waals surface area contributed by atoms with Crippen LogP contribution in [0.1, 0.15) is 50.8 Å². The zero-order valence-corrected chi connectivity index (χ0v) is 12.4. The van der Waals surface area contributed by atoms with Crippen molar-refractivity contribution in [3.8, 4) is 0 Å². The minimum Gasteiger partial charge on any atom is -0.330 e. The van der Waals surface area contributed by atoms with Crippen molar-refractivity contribution in [3.63, 3.8) is 0 Å². The van der Waals surface area contributed by atoms with Crippen molar-refractivity contribution in [1.82, 2.24) is 5.32 Å². The van der Waals surface area contributed by atoms with Crippen LogP contribution in [-0.4, -0.2) is 13.6 Å². The Bertz CT molecular complexity index is 341. The fourth-order valence-electron chi connectivity index (χ4n) is 2.51. The lowest BCUT2D eigenvalue weighted by Gasteiger charge is -2.29. The summed E-state index contributed by atoms with van der Waals surface area (Å²) in [5.74, 6) is 1.64. The molecule has 0 spiro atoms. The number of hydrogen-bond acceptors (Lipinski definition) is 2. The second kappa shape index (κ2) is 6.91. The molecule has 0 aromatic heterocycles. The van der Waals surface area contributed by atoms with Crippen molar-refractivity contribution in [1.29, 1.82) is 0 Å². The molecule has 0 radical (unpaired) electrons. The topological polar surface area (TPSA) is 38.0 Å². The molecule has 0 heterocycles. The Morgan fingerprint density at radius 2 is 1.50 bits per heavy atom. The number of hydrogen-bond donors (Lipinski definition) is 2. The van der Waals surface area contributed by atoms with E-state index in [1.807, 2.05) is 7.05 Å². The monoisotopic (exact) mass is 248 g/mol. The second-order valence-electron chi connectivity index (χ2n) is 5.73. The molecular weight excluding hydrogens is 220 g/mol. The zero-order valence-electron chi connectivity index (χ0n) is 12.4. The van der Waals surface area contributed by atoms with Gasteiger partial charge < -0.3 is 11.1 Å². The Hall–Kier alpha value is -0.860. The van der Waals surface area contributed by atoms with Gasteiger partial charge in [0.1, 0.15) is 0 Å². The molecule has 1 aromatic carbocycles. The van der Waals surface area contributed by atoms with E-state index < -0.39 is 0 Å². The average Bonchev–Trinajstić information content (AvgIpc) is 2.35. The number of rotatable bonds is 6. The van der Waals surface area contributed by atoms with Gasteiger partial charge in [-0.05, 0) is 42.5 Å². The van der Waals surface area contributed by atoms with Crippen LogP contribution in [0, 0.1) is 11.8 Å². The molecule has 0 aliphatic heterocycles. The SMILES string of the molecule is CNC(c1ccc(C(C)C)cc1)C(CN)C(C)C. The summed E-state index contributed by atoms with van der Waals surface area (Å²) >= 11 is 0. The summed E-state index contributed by atoms with van der Waals surface area (Å²) < 4.78 is 0. The highest BCUT2D eigenvalue weighted by Gasteiger charge is 2.23. The highest BCUT2D eigenvalue weighted by atomic mass is 14.9. The Morgan fingerprint density at radius 3 is 1.83 bits per heavy atom. The van der Waals surface area contributed by atoms with Crippen molar-refractivity contribution in [3.05, 3.63) is 35.4 Å². The van der Waals surface area contributed by atoms with E-state index in [0.717, 1.165) is 6.54 Å². The van der Waals surface area contributed by atoms with E-state index in [2.05, 4.69) is 57.3 Å². The number of nitrogens with one attached hydrogen (secondary N) is 1. The quantitative estimate of drug-likeness (QED) is 0.810. The first-order valence-corrected chi connectivity index (χ1v) is 6.98. The van der Waals surface area contributed by atoms with Crippen LogP contribution >= 0.6 is 0 Å². The summed E-state index contributed by atoms with van der Waals surface area (Å²) in [6, 6.07) is 9.29. The third-order valence-electron chi connectivity index (χ3n) is 3.83. The molecule has 0 amide bonds. The van der Waals surface area contributed by atoms with Gasteiger partial charge in [0.05, 0.1) is 0 Å². The van der Waals surface area contributed by atoms with E-state index in [-0.39, 0.29) is 0 Å². The van der Waals surface area contributed by atoms with E-state index in [4.69, 9.17) is 5.73 Å². The van der Waals surface area contributed by atoms with Crippen LogP contribution < -0.4 is 11.1 Å². The molecule has 1 aromatic rings. The van der Waals surface area contributed by atoms with Crippen LogP contribution in [-0.2, 0) is 0 Å². The van der Waals surface area contributed by atoms with Crippen molar-refractivity contribution in [2.24, 2.45) is 17.6 Å². The summed E-state index contributed by atoms with van der Waals surface area (Å²) in [6.45, 7) is 9.65. The van der Waals surface area contributed by atoms with Gasteiger partial charge in [0.2, 0.25) is 0 Å². The second-order valence-corrected chi connectivity index (χ2v) is 5.73. The molecule has 0 saturated heterocycles. The summed E-state index contributed by atoms with van der Waals surface area (Å²) in [6.07, 6.45) is 0. The fraction of sp³-hybridized carbons (Fsp3) is 0.625. The van der Waals surface area contributed by atoms with Crippen LogP contribution in [0.3, 0.4) is 0 Å². The van der Waals surface area contributed by atoms with Gasteiger partial charge in [-0.15, -0.1) is 0 Å². The zero-order chi connectivity index (χ0) is 13.7. The predicted molar refractivity (Wildman–Crippen MR) is 79.7 cm³/mol. The maximum atomic E-state index is 5.93. The Morgan fingerprint density at radius 1 is 1.00 bits per heavy atom. The predicted octanol–water partition coefficient (Wildman–Crippen LogP) is 3.30. The van der Waals surface area contributed by atoms with Crippen LogP contribution in [0.4, 0.5) is 0 Å². The smallest absolute Gasteiger partial charge is 0.0360 e. The molecule has 0 bridgehead atoms. The molecule has 0 fully saturated rings. The molecule has 1 rings (SSSR count). The Labute approximate surface area is 112 Å². The number of benzene rings is 1. The van der Waals surface area contributed by atoms with Gasteiger partial charge in [-0.25, -0.2) is 0 Å². The van der Waals surface area contributed by atoms with E-state index in [9.17, 15) is 0 Å². The summed E-state index contributed by atoms with van der Waals surface area (Å²) in [7, 11) is 2.02. The molecule has 102 valence electrons. The minimum atomic E-state index is 0.344. The third-order valence-corrected chi connectivity index (χ3v) is 3.83. The first-order valence-electron chi connectivity index (χ1n) is 6.98. The van der Waals surface area contributed by atoms with Crippen LogP contribution in [0.5, 0.6) is 0 Å². The van der Waals surface area contributed by atoms with Gasteiger partial charge >= 0.3 is 0 Å². The van der Waals surface area contributed by atoms with E-state index in [1.165, 1.54) is 11.1 Å². The Balaban J connectivity index is 2.94. The van der Waals surface area contributed by atoms with E-state index in [1.54, 1.807) is 0 Å². The first kappa shape index (κ1) is 15.2. The molecule has 0 aliphatic rings. The molecule has 0 saturated carbocycles. The lowest BCUT2D eigenvalue weighted by Crippen LogP contribution is -2.33. The van der Waals surface area contributed by atoms with Crippen LogP contribution in [0.15, 0.2) is 24.3 Å². The molecule has 2 nitrogen and oxygen atoms in total. The highest BCUT2D eigenvalue weighted by Crippen LogP contribution is 2.28. The molecular formula is C16H28N2. The molecule has 2 heteroatoms. The molecule has 2 unspecified atom stereocenters. The lowest BCUT2D eigenvalue weighted by molar-refractivity contribution is 0.299. The fourth-order valence-corrected chi connectivity index (χ4v) is 2.51. The maximum absolute atomic E-state index is 5.93. The van der Waals surface area contributed by atoms with Gasteiger partial charge in [-0.3, -0.25) is 0 Å². The minimum absolute atomic E-state index is 0.344. The van der Waals surface area contributed by atoms with E-state index >= 15 is 0 Å². The summed E-state index contributed by atoms with van der Waals surface area (Å²) in [5.41, 5.74) is 8.66. The van der Waals surface area contributed by atoms with Crippen LogP contribution in [0.2, 0.25) is 0 Å². The largest absolute Gasteiger partial charge is 0.330 e. The molecule has 0 aliphatic carbocycles. The van der Waals surface area contributed by atoms with Crippen molar-refractivity contribution in [2.45, 2.75) is 39.7 Å². The van der Waals surface area contributed by atoms with Crippen molar-refractivity contribution >= 4 is 0 Å². The normalized spacial score (nSPS) is 15.1. The summed E-state index contributed by atoms with van der Waals surface area (Å²) in [5, 5.41) is 3.42. The molecule has 18 heavy (non-hydrogen) atoms. The van der Waals surface area contributed by atoms with Gasteiger partial charge in [0.15, 0.2) is 0 Å². The van der Waals surface area contributed by atoms with Crippen molar-refractivity contribution in [2.75, 3.05) is 13.6 Å². The van der Waals surface area contributed by atoms with E-state index in [0.29, 0.717) is 23.8 Å². The maximum Gasteiger partial charge on any atom is 0.0360 e. The molecule has 3 N–H and O–H groups in total. The average molecular weight is 248 g/mol. The van der Waals surface area contributed by atoms with Gasteiger partial charge in [0, 0.05) is 6.04 Å². The molecule has 2 atom stereocenters. The van der Waals surface area contributed by atoms with Gasteiger partial charge in [0.25, 0.3) is 0 Å².